The van der Waals surface area contributed by atoms with Gasteiger partial charge in [0.2, 0.25) is 5.91 Å². The van der Waals surface area contributed by atoms with Crippen LogP contribution in [0.25, 0.3) is 0 Å². The van der Waals surface area contributed by atoms with Crippen molar-refractivity contribution in [3.63, 3.8) is 0 Å². The third kappa shape index (κ3) is 1.34. The Morgan fingerprint density at radius 3 is 3.21 bits per heavy atom. The molecule has 0 atom stereocenters. The molecule has 0 aromatic carbocycles. The molecular formula is C9H13N3O2. The summed E-state index contributed by atoms with van der Waals surface area (Å²) in [5, 5.41) is 3.68. The molecule has 2 heterocycles. The van der Waals surface area contributed by atoms with Crippen LogP contribution in [-0.4, -0.2) is 22.5 Å². The molecule has 0 bridgehead atoms. The van der Waals surface area contributed by atoms with Crippen LogP contribution in [0.2, 0.25) is 0 Å². The summed E-state index contributed by atoms with van der Waals surface area (Å²) < 4.78 is 5.04. The zero-order valence-corrected chi connectivity index (χ0v) is 8.12. The molecule has 0 spiro atoms. The predicted molar refractivity (Wildman–Crippen MR) is 50.3 cm³/mol. The number of aromatic nitrogens is 1. The molecule has 5 nitrogen and oxygen atoms in total. The largest absolute Gasteiger partial charge is 0.381 e. The quantitative estimate of drug-likeness (QED) is 0.710. The van der Waals surface area contributed by atoms with E-state index in [1.807, 2.05) is 6.92 Å². The van der Waals surface area contributed by atoms with Crippen LogP contribution in [0.5, 0.6) is 0 Å². The van der Waals surface area contributed by atoms with Crippen molar-refractivity contribution in [2.24, 2.45) is 0 Å². The molecule has 0 aliphatic carbocycles. The Hall–Kier alpha value is -1.52. The number of rotatable bonds is 1. The lowest BCUT2D eigenvalue weighted by molar-refractivity contribution is -0.132. The minimum atomic E-state index is 0.144. The molecule has 1 aliphatic heterocycles. The smallest absolute Gasteiger partial charge is 0.222 e. The highest BCUT2D eigenvalue weighted by Gasteiger charge is 2.24. The Kier molecular flexibility index (Phi) is 2.15. The summed E-state index contributed by atoms with van der Waals surface area (Å²) in [4.78, 5) is 13.2. The fraction of sp³-hybridized carbons (Fsp3) is 0.556. The molecule has 1 aliphatic rings. The van der Waals surface area contributed by atoms with Crippen LogP contribution in [0, 0.1) is 0 Å². The number of nitrogens with zero attached hydrogens (tertiary/aromatic N) is 2. The number of hydrogen-bond donors (Lipinski definition) is 1. The van der Waals surface area contributed by atoms with E-state index in [4.69, 9.17) is 10.3 Å². The van der Waals surface area contributed by atoms with Gasteiger partial charge in [-0.1, -0.05) is 12.1 Å². The number of anilines is 1. The molecule has 0 unspecified atom stereocenters. The van der Waals surface area contributed by atoms with E-state index in [2.05, 4.69) is 5.16 Å². The lowest BCUT2D eigenvalue weighted by atomic mass is 10.1. The first-order valence-corrected chi connectivity index (χ1v) is 4.73. The molecule has 2 rings (SSSR count). The normalized spacial score (nSPS) is 15.4. The van der Waals surface area contributed by atoms with E-state index in [0.717, 1.165) is 17.7 Å². The molecule has 1 aromatic rings. The van der Waals surface area contributed by atoms with Crippen LogP contribution in [-0.2, 0) is 17.8 Å². The van der Waals surface area contributed by atoms with Crippen molar-refractivity contribution in [1.29, 1.82) is 0 Å². The molecule has 0 radical (unpaired) electrons. The van der Waals surface area contributed by atoms with Gasteiger partial charge in [-0.15, -0.1) is 0 Å². The van der Waals surface area contributed by atoms with Gasteiger partial charge in [-0.05, 0) is 6.42 Å². The number of amides is 1. The lowest BCUT2D eigenvalue weighted by Crippen LogP contribution is -2.35. The van der Waals surface area contributed by atoms with E-state index in [9.17, 15) is 4.79 Å². The first kappa shape index (κ1) is 9.05. The van der Waals surface area contributed by atoms with Gasteiger partial charge in [0.25, 0.3) is 0 Å². The predicted octanol–water partition coefficient (Wildman–Crippen LogP) is 0.551. The van der Waals surface area contributed by atoms with Gasteiger partial charge in [0, 0.05) is 18.5 Å². The Labute approximate surface area is 81.8 Å². The molecule has 14 heavy (non-hydrogen) atoms. The van der Waals surface area contributed by atoms with Gasteiger partial charge in [-0.3, -0.25) is 4.79 Å². The summed E-state index contributed by atoms with van der Waals surface area (Å²) >= 11 is 0. The Morgan fingerprint density at radius 2 is 2.50 bits per heavy atom. The summed E-state index contributed by atoms with van der Waals surface area (Å²) in [6, 6.07) is 0. The van der Waals surface area contributed by atoms with Crippen LogP contribution in [0.3, 0.4) is 0 Å². The van der Waals surface area contributed by atoms with Crippen LogP contribution >= 0.6 is 0 Å². The summed E-state index contributed by atoms with van der Waals surface area (Å²) in [5.74, 6) is 1.34. The van der Waals surface area contributed by atoms with E-state index in [1.54, 1.807) is 4.90 Å². The van der Waals surface area contributed by atoms with Crippen molar-refractivity contribution < 1.29 is 9.32 Å². The van der Waals surface area contributed by atoms with E-state index in [-0.39, 0.29) is 5.91 Å². The average Bonchev–Trinajstić information content (AvgIpc) is 2.59. The zero-order valence-electron chi connectivity index (χ0n) is 8.12. The molecular weight excluding hydrogens is 182 g/mol. The number of nitrogens with two attached hydrogens (primary N) is 1. The molecule has 0 saturated heterocycles. The second-order valence-electron chi connectivity index (χ2n) is 3.39. The van der Waals surface area contributed by atoms with Gasteiger partial charge in [-0.2, -0.15) is 0 Å². The topological polar surface area (TPSA) is 72.4 Å². The molecule has 76 valence electrons. The summed E-state index contributed by atoms with van der Waals surface area (Å²) in [6.07, 6.45) is 1.27. The highest BCUT2D eigenvalue weighted by molar-refractivity contribution is 5.76. The molecule has 0 fully saturated rings. The van der Waals surface area contributed by atoms with Crippen LogP contribution in [0.15, 0.2) is 4.52 Å². The van der Waals surface area contributed by atoms with Crippen LogP contribution in [0.1, 0.15) is 24.7 Å². The minimum Gasteiger partial charge on any atom is -0.381 e. The van der Waals surface area contributed by atoms with Crippen molar-refractivity contribution >= 4 is 11.7 Å². The van der Waals surface area contributed by atoms with Crippen molar-refractivity contribution in [3.05, 3.63) is 11.3 Å². The van der Waals surface area contributed by atoms with E-state index in [0.29, 0.717) is 25.3 Å². The number of carbonyl (C=O) groups is 1. The van der Waals surface area contributed by atoms with E-state index >= 15 is 0 Å². The fourth-order valence-corrected chi connectivity index (χ4v) is 1.68. The van der Waals surface area contributed by atoms with Crippen LogP contribution < -0.4 is 5.73 Å². The molecule has 0 saturated carbocycles. The average molecular weight is 195 g/mol. The SMILES string of the molecule is CCC(=O)N1CCc2c(N)noc2C1. The second kappa shape index (κ2) is 3.32. The summed E-state index contributed by atoms with van der Waals surface area (Å²) in [5.41, 5.74) is 6.57. The van der Waals surface area contributed by atoms with Gasteiger partial charge in [0.1, 0.15) is 0 Å². The zero-order chi connectivity index (χ0) is 10.1. The maximum absolute atomic E-state index is 11.4. The van der Waals surface area contributed by atoms with Gasteiger partial charge in [0.05, 0.1) is 6.54 Å². The molecule has 5 heteroatoms. The van der Waals surface area contributed by atoms with Crippen molar-refractivity contribution in [3.8, 4) is 0 Å². The first-order chi connectivity index (χ1) is 6.72. The molecule has 2 N–H and O–H groups in total. The lowest BCUT2D eigenvalue weighted by Gasteiger charge is -2.24. The van der Waals surface area contributed by atoms with Gasteiger partial charge >= 0.3 is 0 Å². The standard InChI is InChI=1S/C9H13N3O2/c1-2-8(13)12-4-3-6-7(5-12)14-11-9(6)10/h2-5H2,1H3,(H2,10,11). The van der Waals surface area contributed by atoms with Gasteiger partial charge < -0.3 is 15.2 Å². The van der Waals surface area contributed by atoms with Gasteiger partial charge in [0.15, 0.2) is 11.6 Å². The fourth-order valence-electron chi connectivity index (χ4n) is 1.68. The van der Waals surface area contributed by atoms with Crippen molar-refractivity contribution in [2.45, 2.75) is 26.3 Å². The minimum absolute atomic E-state index is 0.144. The second-order valence-corrected chi connectivity index (χ2v) is 3.39. The highest BCUT2D eigenvalue weighted by atomic mass is 16.5. The van der Waals surface area contributed by atoms with Crippen molar-refractivity contribution in [2.75, 3.05) is 12.3 Å². The summed E-state index contributed by atoms with van der Waals surface area (Å²) in [7, 11) is 0. The maximum atomic E-state index is 11.4. The highest BCUT2D eigenvalue weighted by Crippen LogP contribution is 2.23. The molecule has 1 amide bonds. The Bertz CT molecular complexity index is 359. The van der Waals surface area contributed by atoms with Gasteiger partial charge in [-0.25, -0.2) is 0 Å². The molecule has 1 aromatic heterocycles. The number of carbonyl (C=O) groups excluding carboxylic acids is 1. The maximum Gasteiger partial charge on any atom is 0.222 e. The van der Waals surface area contributed by atoms with Crippen molar-refractivity contribution in [1.82, 2.24) is 10.1 Å². The van der Waals surface area contributed by atoms with E-state index in [1.165, 1.54) is 0 Å². The number of nitrogen functional groups attached to an aromatic ring is 1. The summed E-state index contributed by atoms with van der Waals surface area (Å²) in [6.45, 7) is 3.07. The number of hydrogen-bond acceptors (Lipinski definition) is 4. The Morgan fingerprint density at radius 1 is 1.71 bits per heavy atom. The monoisotopic (exact) mass is 195 g/mol. The third-order valence-electron chi connectivity index (χ3n) is 2.52. The Balaban J connectivity index is 2.18. The first-order valence-electron chi connectivity index (χ1n) is 4.73. The van der Waals surface area contributed by atoms with E-state index < -0.39 is 0 Å². The third-order valence-corrected chi connectivity index (χ3v) is 2.52. The van der Waals surface area contributed by atoms with Crippen LogP contribution in [0.4, 0.5) is 5.82 Å². The number of fused-ring (bicyclic) bond motifs is 1.